The lowest BCUT2D eigenvalue weighted by Crippen LogP contribution is -2.48. The minimum absolute atomic E-state index is 0.162. The van der Waals surface area contributed by atoms with E-state index in [2.05, 4.69) is 13.0 Å². The smallest absolute Gasteiger partial charge is 0.254 e. The summed E-state index contributed by atoms with van der Waals surface area (Å²) in [6.07, 6.45) is 4.69. The first-order chi connectivity index (χ1) is 10.1. The van der Waals surface area contributed by atoms with Crippen molar-refractivity contribution in [1.29, 1.82) is 0 Å². The molecule has 0 spiro atoms. The second kappa shape index (κ2) is 7.08. The normalized spacial score (nSPS) is 22.1. The standard InChI is InChI=1S/C18H28N2O/c1-4-20(17-8-6-5-7-15(17)12-19)18(21)16-10-13(2)9-14(3)11-16/h9-11,15,17H,4-8,12,19H2,1-3H3. The molecule has 0 heterocycles. The molecule has 1 aliphatic rings. The molecule has 0 aromatic heterocycles. The topological polar surface area (TPSA) is 46.3 Å². The van der Waals surface area contributed by atoms with Gasteiger partial charge in [0.25, 0.3) is 5.91 Å². The van der Waals surface area contributed by atoms with E-state index in [-0.39, 0.29) is 5.91 Å². The van der Waals surface area contributed by atoms with E-state index in [0.29, 0.717) is 18.5 Å². The van der Waals surface area contributed by atoms with Crippen LogP contribution in [0.5, 0.6) is 0 Å². The highest BCUT2D eigenvalue weighted by Gasteiger charge is 2.31. The second-order valence-electron chi connectivity index (χ2n) is 6.32. The van der Waals surface area contributed by atoms with Gasteiger partial charge in [-0.15, -0.1) is 0 Å². The zero-order chi connectivity index (χ0) is 15.4. The van der Waals surface area contributed by atoms with Crippen LogP contribution < -0.4 is 5.73 Å². The molecular weight excluding hydrogens is 260 g/mol. The number of nitrogens with two attached hydrogens (primary N) is 1. The molecule has 2 rings (SSSR count). The maximum Gasteiger partial charge on any atom is 0.254 e. The molecule has 3 nitrogen and oxygen atoms in total. The molecule has 116 valence electrons. The van der Waals surface area contributed by atoms with Crippen LogP contribution in [0.3, 0.4) is 0 Å². The average molecular weight is 288 g/mol. The number of benzene rings is 1. The van der Waals surface area contributed by atoms with E-state index in [4.69, 9.17) is 5.73 Å². The predicted octanol–water partition coefficient (Wildman–Crippen LogP) is 3.28. The lowest BCUT2D eigenvalue weighted by atomic mass is 9.83. The Hall–Kier alpha value is -1.35. The van der Waals surface area contributed by atoms with Crippen molar-refractivity contribution in [3.05, 3.63) is 34.9 Å². The van der Waals surface area contributed by atoms with E-state index in [1.165, 1.54) is 12.8 Å². The molecule has 1 saturated carbocycles. The average Bonchev–Trinajstić information content (AvgIpc) is 2.47. The summed E-state index contributed by atoms with van der Waals surface area (Å²) < 4.78 is 0. The Labute approximate surface area is 128 Å². The molecule has 1 aromatic carbocycles. The molecule has 0 saturated heterocycles. The van der Waals surface area contributed by atoms with Crippen molar-refractivity contribution in [2.45, 2.75) is 52.5 Å². The van der Waals surface area contributed by atoms with Crippen LogP contribution in [0.15, 0.2) is 18.2 Å². The van der Waals surface area contributed by atoms with Crippen LogP contribution >= 0.6 is 0 Å². The third-order valence-electron chi connectivity index (χ3n) is 4.64. The zero-order valence-corrected chi connectivity index (χ0v) is 13.6. The first-order valence-electron chi connectivity index (χ1n) is 8.16. The summed E-state index contributed by atoms with van der Waals surface area (Å²) in [5, 5.41) is 0. The van der Waals surface area contributed by atoms with E-state index in [0.717, 1.165) is 36.1 Å². The number of carbonyl (C=O) groups is 1. The number of amides is 1. The van der Waals surface area contributed by atoms with Crippen molar-refractivity contribution < 1.29 is 4.79 Å². The van der Waals surface area contributed by atoms with Gasteiger partial charge < -0.3 is 10.6 Å². The maximum absolute atomic E-state index is 12.9. The maximum atomic E-state index is 12.9. The summed E-state index contributed by atoms with van der Waals surface area (Å²) in [6, 6.07) is 6.41. The van der Waals surface area contributed by atoms with Gasteiger partial charge in [-0.2, -0.15) is 0 Å². The largest absolute Gasteiger partial charge is 0.336 e. The molecule has 1 aliphatic carbocycles. The number of hydrogen-bond donors (Lipinski definition) is 1. The SMILES string of the molecule is CCN(C(=O)c1cc(C)cc(C)c1)C1CCCCC1CN. The van der Waals surface area contributed by atoms with Crippen molar-refractivity contribution >= 4 is 5.91 Å². The predicted molar refractivity (Wildman–Crippen MR) is 87.4 cm³/mol. The van der Waals surface area contributed by atoms with E-state index in [1.54, 1.807) is 0 Å². The highest BCUT2D eigenvalue weighted by molar-refractivity contribution is 5.94. The van der Waals surface area contributed by atoms with Gasteiger partial charge in [0.1, 0.15) is 0 Å². The molecule has 1 aromatic rings. The van der Waals surface area contributed by atoms with E-state index in [1.807, 2.05) is 30.9 Å². The molecular formula is C18H28N2O. The molecule has 0 bridgehead atoms. The van der Waals surface area contributed by atoms with Gasteiger partial charge in [-0.25, -0.2) is 0 Å². The Balaban J connectivity index is 2.25. The van der Waals surface area contributed by atoms with Crippen molar-refractivity contribution in [3.63, 3.8) is 0 Å². The Morgan fingerprint density at radius 2 is 1.81 bits per heavy atom. The number of nitrogens with zero attached hydrogens (tertiary/aromatic N) is 1. The summed E-state index contributed by atoms with van der Waals surface area (Å²) in [5.74, 6) is 0.614. The minimum Gasteiger partial charge on any atom is -0.336 e. The van der Waals surface area contributed by atoms with Crippen molar-refractivity contribution in [2.75, 3.05) is 13.1 Å². The number of carbonyl (C=O) groups excluding carboxylic acids is 1. The van der Waals surface area contributed by atoms with Gasteiger partial charge in [0.15, 0.2) is 0 Å². The molecule has 1 fully saturated rings. The van der Waals surface area contributed by atoms with Gasteiger partial charge in [-0.1, -0.05) is 30.0 Å². The molecule has 2 N–H and O–H groups in total. The first kappa shape index (κ1) is 16.0. The lowest BCUT2D eigenvalue weighted by Gasteiger charge is -2.39. The Kier molecular flexibility index (Phi) is 5.40. The highest BCUT2D eigenvalue weighted by Crippen LogP contribution is 2.29. The fraction of sp³-hybridized carbons (Fsp3) is 0.611. The van der Waals surface area contributed by atoms with Gasteiger partial charge in [-0.05, 0) is 58.2 Å². The van der Waals surface area contributed by atoms with Gasteiger partial charge in [0, 0.05) is 18.2 Å². The number of rotatable bonds is 4. The molecule has 1 amide bonds. The second-order valence-corrected chi connectivity index (χ2v) is 6.32. The molecule has 0 aliphatic heterocycles. The van der Waals surface area contributed by atoms with Crippen molar-refractivity contribution in [2.24, 2.45) is 11.7 Å². The summed E-state index contributed by atoms with van der Waals surface area (Å²) >= 11 is 0. The first-order valence-corrected chi connectivity index (χ1v) is 8.16. The van der Waals surface area contributed by atoms with Gasteiger partial charge in [-0.3, -0.25) is 4.79 Å². The monoisotopic (exact) mass is 288 g/mol. The number of hydrogen-bond acceptors (Lipinski definition) is 2. The Bertz CT molecular complexity index is 478. The quantitative estimate of drug-likeness (QED) is 0.924. The van der Waals surface area contributed by atoms with Gasteiger partial charge in [0.05, 0.1) is 0 Å². The summed E-state index contributed by atoms with van der Waals surface area (Å²) in [5.41, 5.74) is 9.04. The lowest BCUT2D eigenvalue weighted by molar-refractivity contribution is 0.0560. The van der Waals surface area contributed by atoms with Crippen LogP contribution in [0, 0.1) is 19.8 Å². The molecule has 0 radical (unpaired) electrons. The summed E-state index contributed by atoms with van der Waals surface area (Å²) in [4.78, 5) is 15.0. The van der Waals surface area contributed by atoms with Crippen LogP contribution in [0.25, 0.3) is 0 Å². The highest BCUT2D eigenvalue weighted by atomic mass is 16.2. The van der Waals surface area contributed by atoms with E-state index < -0.39 is 0 Å². The summed E-state index contributed by atoms with van der Waals surface area (Å²) in [6.45, 7) is 7.60. The minimum atomic E-state index is 0.162. The van der Waals surface area contributed by atoms with Crippen molar-refractivity contribution in [1.82, 2.24) is 4.90 Å². The van der Waals surface area contributed by atoms with E-state index >= 15 is 0 Å². The van der Waals surface area contributed by atoms with Crippen LogP contribution in [-0.4, -0.2) is 29.9 Å². The Morgan fingerprint density at radius 1 is 1.19 bits per heavy atom. The Morgan fingerprint density at radius 3 is 2.38 bits per heavy atom. The van der Waals surface area contributed by atoms with Crippen LogP contribution in [0.4, 0.5) is 0 Å². The fourth-order valence-corrected chi connectivity index (χ4v) is 3.67. The molecule has 2 unspecified atom stereocenters. The van der Waals surface area contributed by atoms with Crippen molar-refractivity contribution in [3.8, 4) is 0 Å². The fourth-order valence-electron chi connectivity index (χ4n) is 3.67. The van der Waals surface area contributed by atoms with Gasteiger partial charge in [0.2, 0.25) is 0 Å². The third kappa shape index (κ3) is 3.65. The van der Waals surface area contributed by atoms with Crippen LogP contribution in [-0.2, 0) is 0 Å². The summed E-state index contributed by atoms with van der Waals surface area (Å²) in [7, 11) is 0. The zero-order valence-electron chi connectivity index (χ0n) is 13.6. The van der Waals surface area contributed by atoms with Crippen LogP contribution in [0.1, 0.15) is 54.1 Å². The van der Waals surface area contributed by atoms with E-state index in [9.17, 15) is 4.79 Å². The van der Waals surface area contributed by atoms with Crippen LogP contribution in [0.2, 0.25) is 0 Å². The molecule has 2 atom stereocenters. The molecule has 21 heavy (non-hydrogen) atoms. The number of aryl methyl sites for hydroxylation is 2. The molecule has 3 heteroatoms. The van der Waals surface area contributed by atoms with Gasteiger partial charge >= 0.3 is 0 Å². The third-order valence-corrected chi connectivity index (χ3v) is 4.64.